The quantitative estimate of drug-likeness (QED) is 0.912. The molecule has 1 unspecified atom stereocenters. The van der Waals surface area contributed by atoms with Crippen LogP contribution in [0.5, 0.6) is 5.75 Å². The number of fused-ring (bicyclic) bond motifs is 1. The number of benzene rings is 2. The zero-order valence-corrected chi connectivity index (χ0v) is 11.2. The summed E-state index contributed by atoms with van der Waals surface area (Å²) in [5.74, 6) is 1.02. The lowest BCUT2D eigenvalue weighted by Gasteiger charge is -2.15. The van der Waals surface area contributed by atoms with Crippen molar-refractivity contribution in [1.82, 2.24) is 0 Å². The lowest BCUT2D eigenvalue weighted by atomic mass is 9.96. The normalized spacial score (nSPS) is 14.8. The maximum absolute atomic E-state index is 6.36. The van der Waals surface area contributed by atoms with Crippen LogP contribution in [0.1, 0.15) is 28.3 Å². The van der Waals surface area contributed by atoms with Crippen molar-refractivity contribution in [3.05, 3.63) is 64.7 Å². The smallest absolute Gasteiger partial charge is 0.127 e. The molecule has 1 aliphatic heterocycles. The van der Waals surface area contributed by atoms with Crippen molar-refractivity contribution in [2.75, 3.05) is 6.61 Å². The number of nitrogens with two attached hydrogens (primary N) is 1. The maximum atomic E-state index is 6.36. The summed E-state index contributed by atoms with van der Waals surface area (Å²) >= 11 is 0. The van der Waals surface area contributed by atoms with Crippen LogP contribution in [0, 0.1) is 6.92 Å². The summed E-state index contributed by atoms with van der Waals surface area (Å²) < 4.78 is 5.73. The van der Waals surface area contributed by atoms with E-state index in [1.165, 1.54) is 16.7 Å². The van der Waals surface area contributed by atoms with Crippen LogP contribution in [-0.2, 0) is 12.8 Å². The summed E-state index contributed by atoms with van der Waals surface area (Å²) in [7, 11) is 0. The van der Waals surface area contributed by atoms with E-state index in [9.17, 15) is 0 Å². The molecule has 19 heavy (non-hydrogen) atoms. The van der Waals surface area contributed by atoms with Gasteiger partial charge in [0.15, 0.2) is 0 Å². The second kappa shape index (κ2) is 5.06. The molecule has 0 aliphatic carbocycles. The Balaban J connectivity index is 1.83. The topological polar surface area (TPSA) is 35.2 Å². The summed E-state index contributed by atoms with van der Waals surface area (Å²) in [6.45, 7) is 2.88. The van der Waals surface area contributed by atoms with Crippen molar-refractivity contribution in [3.63, 3.8) is 0 Å². The van der Waals surface area contributed by atoms with E-state index in [4.69, 9.17) is 10.5 Å². The molecule has 2 aromatic rings. The minimum absolute atomic E-state index is 0.00393. The van der Waals surface area contributed by atoms with Gasteiger partial charge in [-0.1, -0.05) is 48.0 Å². The molecule has 0 amide bonds. The molecule has 3 rings (SSSR count). The molecular weight excluding hydrogens is 234 g/mol. The first-order chi connectivity index (χ1) is 9.24. The molecule has 0 fully saturated rings. The second-order valence-electron chi connectivity index (χ2n) is 5.23. The Labute approximate surface area is 114 Å². The Morgan fingerprint density at radius 2 is 1.95 bits per heavy atom. The van der Waals surface area contributed by atoms with Crippen LogP contribution in [0.25, 0.3) is 0 Å². The number of hydrogen-bond donors (Lipinski definition) is 1. The molecule has 1 atom stereocenters. The molecule has 0 aromatic heterocycles. The van der Waals surface area contributed by atoms with Gasteiger partial charge >= 0.3 is 0 Å². The number of para-hydroxylation sites is 1. The molecule has 0 saturated carbocycles. The average Bonchev–Trinajstić information content (AvgIpc) is 2.89. The van der Waals surface area contributed by atoms with Crippen molar-refractivity contribution in [2.24, 2.45) is 5.73 Å². The Kier molecular flexibility index (Phi) is 3.26. The molecule has 1 aliphatic rings. The number of ether oxygens (including phenoxy) is 1. The summed E-state index contributed by atoms with van der Waals surface area (Å²) in [4.78, 5) is 0. The zero-order valence-electron chi connectivity index (χ0n) is 11.2. The van der Waals surface area contributed by atoms with E-state index in [1.54, 1.807) is 0 Å². The highest BCUT2D eigenvalue weighted by atomic mass is 16.5. The van der Waals surface area contributed by atoms with Gasteiger partial charge < -0.3 is 10.5 Å². The monoisotopic (exact) mass is 253 g/mol. The predicted octanol–water partition coefficient (Wildman–Crippen LogP) is 3.17. The van der Waals surface area contributed by atoms with Crippen molar-refractivity contribution in [2.45, 2.75) is 25.8 Å². The summed E-state index contributed by atoms with van der Waals surface area (Å²) in [6, 6.07) is 14.9. The van der Waals surface area contributed by atoms with Crippen molar-refractivity contribution in [3.8, 4) is 5.75 Å². The van der Waals surface area contributed by atoms with Gasteiger partial charge in [0.05, 0.1) is 6.61 Å². The number of rotatable bonds is 3. The predicted molar refractivity (Wildman–Crippen MR) is 77.5 cm³/mol. The molecule has 2 heteroatoms. The molecular formula is C17H19NO. The molecule has 1 heterocycles. The van der Waals surface area contributed by atoms with Crippen LogP contribution < -0.4 is 10.5 Å². The van der Waals surface area contributed by atoms with E-state index in [1.807, 2.05) is 0 Å². The largest absolute Gasteiger partial charge is 0.493 e. The maximum Gasteiger partial charge on any atom is 0.127 e. The fourth-order valence-electron chi connectivity index (χ4n) is 2.62. The third-order valence-corrected chi connectivity index (χ3v) is 3.72. The fourth-order valence-corrected chi connectivity index (χ4v) is 2.62. The van der Waals surface area contributed by atoms with Gasteiger partial charge in [0, 0.05) is 18.0 Å². The molecule has 0 bridgehead atoms. The molecule has 2 nitrogen and oxygen atoms in total. The first-order valence-corrected chi connectivity index (χ1v) is 6.80. The Hall–Kier alpha value is -1.80. The van der Waals surface area contributed by atoms with Crippen LogP contribution >= 0.6 is 0 Å². The number of hydrogen-bond acceptors (Lipinski definition) is 2. The Morgan fingerprint density at radius 1 is 1.16 bits per heavy atom. The van der Waals surface area contributed by atoms with Crippen molar-refractivity contribution in [1.29, 1.82) is 0 Å². The minimum Gasteiger partial charge on any atom is -0.493 e. The van der Waals surface area contributed by atoms with Gasteiger partial charge in [0.25, 0.3) is 0 Å². The fraction of sp³-hybridized carbons (Fsp3) is 0.294. The van der Waals surface area contributed by atoms with Crippen LogP contribution in [-0.4, -0.2) is 6.61 Å². The van der Waals surface area contributed by atoms with E-state index in [2.05, 4.69) is 49.4 Å². The highest BCUT2D eigenvalue weighted by Crippen LogP contribution is 2.33. The van der Waals surface area contributed by atoms with E-state index >= 15 is 0 Å². The van der Waals surface area contributed by atoms with Gasteiger partial charge in [-0.05, 0) is 24.5 Å². The van der Waals surface area contributed by atoms with Crippen LogP contribution in [0.4, 0.5) is 0 Å². The number of aryl methyl sites for hydroxylation is 1. The second-order valence-corrected chi connectivity index (χ2v) is 5.23. The lowest BCUT2D eigenvalue weighted by molar-refractivity contribution is 0.351. The third kappa shape index (κ3) is 2.49. The van der Waals surface area contributed by atoms with Gasteiger partial charge in [0.1, 0.15) is 5.75 Å². The average molecular weight is 253 g/mol. The van der Waals surface area contributed by atoms with Gasteiger partial charge in [-0.15, -0.1) is 0 Å². The van der Waals surface area contributed by atoms with Gasteiger partial charge in [0.2, 0.25) is 0 Å². The zero-order chi connectivity index (χ0) is 13.2. The lowest BCUT2D eigenvalue weighted by Crippen LogP contribution is -2.14. The molecule has 2 N–H and O–H groups in total. The van der Waals surface area contributed by atoms with Crippen molar-refractivity contribution >= 4 is 0 Å². The molecule has 2 aromatic carbocycles. The first kappa shape index (κ1) is 12.2. The third-order valence-electron chi connectivity index (χ3n) is 3.72. The molecule has 0 radical (unpaired) electrons. The van der Waals surface area contributed by atoms with Crippen molar-refractivity contribution < 1.29 is 4.74 Å². The summed E-state index contributed by atoms with van der Waals surface area (Å²) in [6.07, 6.45) is 1.85. The van der Waals surface area contributed by atoms with Crippen LogP contribution in [0.15, 0.2) is 42.5 Å². The standard InChI is InChI=1S/C17H19NO/c1-12-5-7-13(8-6-12)11-16(18)15-4-2-3-14-9-10-19-17(14)15/h2-8,16H,9-11,18H2,1H3. The Morgan fingerprint density at radius 3 is 2.74 bits per heavy atom. The first-order valence-electron chi connectivity index (χ1n) is 6.80. The van der Waals surface area contributed by atoms with E-state index < -0.39 is 0 Å². The molecule has 0 saturated heterocycles. The summed E-state index contributed by atoms with van der Waals surface area (Å²) in [5.41, 5.74) is 11.3. The highest BCUT2D eigenvalue weighted by molar-refractivity contribution is 5.46. The highest BCUT2D eigenvalue weighted by Gasteiger charge is 2.19. The molecule has 98 valence electrons. The van der Waals surface area contributed by atoms with Crippen LogP contribution in [0.3, 0.4) is 0 Å². The van der Waals surface area contributed by atoms with E-state index in [0.29, 0.717) is 0 Å². The van der Waals surface area contributed by atoms with Gasteiger partial charge in [-0.2, -0.15) is 0 Å². The summed E-state index contributed by atoms with van der Waals surface area (Å²) in [5, 5.41) is 0. The Bertz CT molecular complexity index is 574. The minimum atomic E-state index is -0.00393. The van der Waals surface area contributed by atoms with E-state index in [0.717, 1.165) is 30.8 Å². The van der Waals surface area contributed by atoms with Gasteiger partial charge in [-0.3, -0.25) is 0 Å². The SMILES string of the molecule is Cc1ccc(CC(N)c2cccc3c2OCC3)cc1. The van der Waals surface area contributed by atoms with Crippen LogP contribution in [0.2, 0.25) is 0 Å². The molecule has 0 spiro atoms. The van der Waals surface area contributed by atoms with Gasteiger partial charge in [-0.25, -0.2) is 0 Å². The van der Waals surface area contributed by atoms with E-state index in [-0.39, 0.29) is 6.04 Å².